The molecule has 6 heteroatoms. The van der Waals surface area contributed by atoms with Gasteiger partial charge in [-0.05, 0) is 24.3 Å². The van der Waals surface area contributed by atoms with E-state index in [1.54, 1.807) is 24.3 Å². The highest BCUT2D eigenvalue weighted by Crippen LogP contribution is 2.37. The molecule has 2 aromatic rings. The van der Waals surface area contributed by atoms with Crippen LogP contribution in [-0.2, 0) is 9.59 Å². The number of pyridine rings is 1. The third-order valence-electron chi connectivity index (χ3n) is 4.61. The summed E-state index contributed by atoms with van der Waals surface area (Å²) >= 11 is 0. The molecule has 3 heterocycles. The van der Waals surface area contributed by atoms with Crippen LogP contribution in [-0.4, -0.2) is 29.9 Å². The van der Waals surface area contributed by atoms with E-state index in [-0.39, 0.29) is 23.7 Å². The number of nitriles is 1. The lowest BCUT2D eigenvalue weighted by Gasteiger charge is -2.21. The molecule has 6 nitrogen and oxygen atoms in total. The zero-order valence-electron chi connectivity index (χ0n) is 12.8. The Bertz CT molecular complexity index is 818. The van der Waals surface area contributed by atoms with Crippen molar-refractivity contribution in [2.24, 2.45) is 11.8 Å². The second kappa shape index (κ2) is 5.46. The minimum absolute atomic E-state index is 0.146. The van der Waals surface area contributed by atoms with Gasteiger partial charge in [0, 0.05) is 19.3 Å². The normalized spacial score (nSPS) is 22.6. The highest BCUT2D eigenvalue weighted by molar-refractivity contribution is 6.22. The fourth-order valence-electron chi connectivity index (χ4n) is 3.40. The summed E-state index contributed by atoms with van der Waals surface area (Å²) < 4.78 is 0. The Kier molecular flexibility index (Phi) is 3.28. The highest BCUT2D eigenvalue weighted by Gasteiger charge is 2.53. The fourth-order valence-corrected chi connectivity index (χ4v) is 3.40. The number of fused-ring (bicyclic) bond motifs is 1. The van der Waals surface area contributed by atoms with Gasteiger partial charge >= 0.3 is 0 Å². The van der Waals surface area contributed by atoms with Crippen LogP contribution >= 0.6 is 0 Å². The summed E-state index contributed by atoms with van der Waals surface area (Å²) in [5, 5.41) is 8.83. The first-order chi connectivity index (χ1) is 11.7. The summed E-state index contributed by atoms with van der Waals surface area (Å²) in [6.45, 7) is 0.939. The second-order valence-corrected chi connectivity index (χ2v) is 5.98. The number of imide groups is 1. The van der Waals surface area contributed by atoms with Crippen LogP contribution in [0.2, 0.25) is 0 Å². The van der Waals surface area contributed by atoms with Gasteiger partial charge in [0.25, 0.3) is 0 Å². The fraction of sp³-hybridized carbons (Fsp3) is 0.222. The van der Waals surface area contributed by atoms with Crippen molar-refractivity contribution in [3.05, 3.63) is 54.2 Å². The molecular formula is C18H14N4O2. The molecule has 0 spiro atoms. The minimum atomic E-state index is -0.338. The molecule has 1 aromatic carbocycles. The Balaban J connectivity index is 1.57. The van der Waals surface area contributed by atoms with E-state index in [0.29, 0.717) is 30.2 Å². The number of aromatic nitrogens is 1. The molecule has 0 radical (unpaired) electrons. The highest BCUT2D eigenvalue weighted by atomic mass is 16.2. The number of para-hydroxylation sites is 1. The number of hydrogen-bond donors (Lipinski definition) is 0. The number of amides is 2. The van der Waals surface area contributed by atoms with Crippen molar-refractivity contribution in [3.8, 4) is 6.07 Å². The Morgan fingerprint density at radius 2 is 1.67 bits per heavy atom. The van der Waals surface area contributed by atoms with Crippen LogP contribution in [0.1, 0.15) is 5.56 Å². The molecule has 4 rings (SSSR count). The molecule has 0 bridgehead atoms. The second-order valence-electron chi connectivity index (χ2n) is 5.98. The molecule has 24 heavy (non-hydrogen) atoms. The van der Waals surface area contributed by atoms with Gasteiger partial charge < -0.3 is 4.90 Å². The van der Waals surface area contributed by atoms with Crippen LogP contribution in [0, 0.1) is 23.2 Å². The Labute approximate surface area is 138 Å². The summed E-state index contributed by atoms with van der Waals surface area (Å²) in [5.74, 6) is -0.278. The van der Waals surface area contributed by atoms with Crippen LogP contribution in [0.4, 0.5) is 11.5 Å². The molecule has 0 N–H and O–H groups in total. The van der Waals surface area contributed by atoms with Gasteiger partial charge in [0.1, 0.15) is 11.9 Å². The maximum atomic E-state index is 12.7. The third kappa shape index (κ3) is 2.14. The first-order valence-electron chi connectivity index (χ1n) is 7.73. The molecule has 2 atom stereocenters. The summed E-state index contributed by atoms with van der Waals surface area (Å²) in [7, 11) is 0. The van der Waals surface area contributed by atoms with Crippen molar-refractivity contribution in [1.29, 1.82) is 5.26 Å². The summed E-state index contributed by atoms with van der Waals surface area (Å²) in [6.07, 6.45) is 1.50. The third-order valence-corrected chi connectivity index (χ3v) is 4.61. The molecule has 2 amide bonds. The van der Waals surface area contributed by atoms with Crippen LogP contribution in [0.15, 0.2) is 48.7 Å². The zero-order valence-corrected chi connectivity index (χ0v) is 12.8. The van der Waals surface area contributed by atoms with Gasteiger partial charge in [-0.25, -0.2) is 9.88 Å². The number of rotatable bonds is 2. The standard InChI is InChI=1S/C18H14N4O2/c19-8-12-6-7-16(20-9-12)21-10-14-15(11-21)18(24)22(17(14)23)13-4-2-1-3-5-13/h1-7,9,14-15H,10-11H2. The van der Waals surface area contributed by atoms with E-state index < -0.39 is 0 Å². The van der Waals surface area contributed by atoms with Crippen molar-refractivity contribution in [2.75, 3.05) is 22.9 Å². The maximum Gasteiger partial charge on any atom is 0.239 e. The minimum Gasteiger partial charge on any atom is -0.355 e. The Morgan fingerprint density at radius 3 is 2.21 bits per heavy atom. The number of nitrogens with zero attached hydrogens (tertiary/aromatic N) is 4. The van der Waals surface area contributed by atoms with E-state index in [2.05, 4.69) is 4.98 Å². The zero-order chi connectivity index (χ0) is 16.7. The summed E-state index contributed by atoms with van der Waals surface area (Å²) in [5.41, 5.74) is 1.12. The quantitative estimate of drug-likeness (QED) is 0.786. The predicted octanol–water partition coefficient (Wildman–Crippen LogP) is 1.58. The molecule has 2 saturated heterocycles. The van der Waals surface area contributed by atoms with Gasteiger partial charge in [0.15, 0.2) is 0 Å². The first kappa shape index (κ1) is 14.4. The van der Waals surface area contributed by atoms with Crippen molar-refractivity contribution in [1.82, 2.24) is 4.98 Å². The monoisotopic (exact) mass is 318 g/mol. The van der Waals surface area contributed by atoms with E-state index >= 15 is 0 Å². The maximum absolute atomic E-state index is 12.7. The molecule has 2 aliphatic rings. The van der Waals surface area contributed by atoms with Gasteiger partial charge in [-0.2, -0.15) is 5.26 Å². The van der Waals surface area contributed by atoms with E-state index in [1.165, 1.54) is 11.1 Å². The molecule has 2 aliphatic heterocycles. The van der Waals surface area contributed by atoms with E-state index in [4.69, 9.17) is 5.26 Å². The topological polar surface area (TPSA) is 77.3 Å². The molecule has 1 aromatic heterocycles. The van der Waals surface area contributed by atoms with Gasteiger partial charge in [-0.1, -0.05) is 18.2 Å². The lowest BCUT2D eigenvalue weighted by molar-refractivity contribution is -0.122. The first-order valence-corrected chi connectivity index (χ1v) is 7.73. The molecular weight excluding hydrogens is 304 g/mol. The lowest BCUT2D eigenvalue weighted by Crippen LogP contribution is -2.36. The van der Waals surface area contributed by atoms with Crippen molar-refractivity contribution in [3.63, 3.8) is 0 Å². The summed E-state index contributed by atoms with van der Waals surface area (Å²) in [6, 6.07) is 14.5. The van der Waals surface area contributed by atoms with Gasteiger partial charge in [-0.3, -0.25) is 9.59 Å². The number of carbonyl (C=O) groups is 2. The molecule has 0 aliphatic carbocycles. The molecule has 2 fully saturated rings. The average molecular weight is 318 g/mol. The smallest absolute Gasteiger partial charge is 0.239 e. The van der Waals surface area contributed by atoms with Gasteiger partial charge in [0.05, 0.1) is 23.1 Å². The van der Waals surface area contributed by atoms with Crippen LogP contribution in [0.5, 0.6) is 0 Å². The van der Waals surface area contributed by atoms with E-state index in [1.807, 2.05) is 29.2 Å². The largest absolute Gasteiger partial charge is 0.355 e. The predicted molar refractivity (Wildman–Crippen MR) is 87.1 cm³/mol. The van der Waals surface area contributed by atoms with Crippen LogP contribution in [0.25, 0.3) is 0 Å². The van der Waals surface area contributed by atoms with Crippen molar-refractivity contribution >= 4 is 23.3 Å². The molecule has 118 valence electrons. The average Bonchev–Trinajstić information content (AvgIpc) is 3.16. The Morgan fingerprint density at radius 1 is 1.00 bits per heavy atom. The number of anilines is 2. The number of benzene rings is 1. The van der Waals surface area contributed by atoms with Crippen molar-refractivity contribution in [2.45, 2.75) is 0 Å². The molecule has 2 unspecified atom stereocenters. The SMILES string of the molecule is N#Cc1ccc(N2CC3C(=O)N(c4ccccc4)C(=O)C3C2)nc1. The van der Waals surface area contributed by atoms with Crippen LogP contribution < -0.4 is 9.80 Å². The number of carbonyl (C=O) groups excluding carboxylic acids is 2. The lowest BCUT2D eigenvalue weighted by atomic mass is 10.00. The van der Waals surface area contributed by atoms with Crippen molar-refractivity contribution < 1.29 is 9.59 Å². The van der Waals surface area contributed by atoms with E-state index in [0.717, 1.165) is 0 Å². The van der Waals surface area contributed by atoms with Gasteiger partial charge in [0.2, 0.25) is 11.8 Å². The molecule has 0 saturated carbocycles. The Hall–Kier alpha value is -3.20. The number of hydrogen-bond acceptors (Lipinski definition) is 5. The summed E-state index contributed by atoms with van der Waals surface area (Å²) in [4.78, 5) is 32.9. The van der Waals surface area contributed by atoms with Crippen LogP contribution in [0.3, 0.4) is 0 Å². The van der Waals surface area contributed by atoms with Gasteiger partial charge in [-0.15, -0.1) is 0 Å². The van der Waals surface area contributed by atoms with E-state index in [9.17, 15) is 9.59 Å².